The zero-order valence-electron chi connectivity index (χ0n) is 10.1. The summed E-state index contributed by atoms with van der Waals surface area (Å²) in [5, 5.41) is 3.01. The van der Waals surface area contributed by atoms with Crippen molar-refractivity contribution in [2.75, 3.05) is 5.32 Å². The van der Waals surface area contributed by atoms with E-state index in [4.69, 9.17) is 11.6 Å². The van der Waals surface area contributed by atoms with Gasteiger partial charge < -0.3 is 5.32 Å². The summed E-state index contributed by atoms with van der Waals surface area (Å²) in [7, 11) is -3.63. The van der Waals surface area contributed by atoms with Gasteiger partial charge in [-0.3, -0.25) is 0 Å². The summed E-state index contributed by atoms with van der Waals surface area (Å²) in [6.45, 7) is 0. The van der Waals surface area contributed by atoms with E-state index in [1.54, 1.807) is 24.3 Å². The lowest BCUT2D eigenvalue weighted by Crippen LogP contribution is -2.38. The maximum atomic E-state index is 13.5. The maximum Gasteiger partial charge on any atom is 0.244 e. The van der Waals surface area contributed by atoms with Crippen LogP contribution in [0.5, 0.6) is 0 Å². The zero-order chi connectivity index (χ0) is 14.3. The number of sulfonamides is 1. The van der Waals surface area contributed by atoms with Crippen LogP contribution in [0.1, 0.15) is 11.7 Å². The number of anilines is 1. The van der Waals surface area contributed by atoms with Crippen LogP contribution >= 0.6 is 11.6 Å². The Morgan fingerprint density at radius 3 is 2.65 bits per heavy atom. The van der Waals surface area contributed by atoms with Gasteiger partial charge in [0.25, 0.3) is 0 Å². The Hall–Kier alpha value is -1.63. The van der Waals surface area contributed by atoms with Crippen LogP contribution in [0.25, 0.3) is 0 Å². The molecule has 20 heavy (non-hydrogen) atoms. The number of rotatable bonds is 1. The third-order valence-electron chi connectivity index (χ3n) is 3.03. The minimum Gasteiger partial charge on any atom is -0.364 e. The molecule has 1 heterocycles. The molecule has 0 amide bonds. The van der Waals surface area contributed by atoms with Crippen LogP contribution in [-0.4, -0.2) is 8.42 Å². The largest absolute Gasteiger partial charge is 0.364 e. The van der Waals surface area contributed by atoms with Gasteiger partial charge in [0.2, 0.25) is 10.0 Å². The second-order valence-corrected chi connectivity index (χ2v) is 6.46. The van der Waals surface area contributed by atoms with Gasteiger partial charge >= 0.3 is 0 Å². The molecule has 1 aliphatic heterocycles. The highest BCUT2D eigenvalue weighted by Crippen LogP contribution is 2.31. The molecule has 0 aromatic heterocycles. The third kappa shape index (κ3) is 2.26. The Bertz CT molecular complexity index is 780. The van der Waals surface area contributed by atoms with Crippen molar-refractivity contribution in [3.05, 3.63) is 58.9 Å². The molecular weight excluding hydrogens is 303 g/mol. The second kappa shape index (κ2) is 4.73. The number of para-hydroxylation sites is 1. The minimum absolute atomic E-state index is 0.00665. The van der Waals surface area contributed by atoms with E-state index in [0.29, 0.717) is 11.3 Å². The predicted molar refractivity (Wildman–Crippen MR) is 74.5 cm³/mol. The summed E-state index contributed by atoms with van der Waals surface area (Å²) in [4.78, 5) is 0.172. The van der Waals surface area contributed by atoms with Gasteiger partial charge in [0.1, 0.15) is 16.9 Å². The third-order valence-corrected chi connectivity index (χ3v) is 4.81. The van der Waals surface area contributed by atoms with Crippen molar-refractivity contribution in [1.82, 2.24) is 4.72 Å². The summed E-state index contributed by atoms with van der Waals surface area (Å²) in [5.74, 6) is -0.593. The van der Waals surface area contributed by atoms with Gasteiger partial charge in [0, 0.05) is 0 Å². The quantitative estimate of drug-likeness (QED) is 0.851. The monoisotopic (exact) mass is 312 g/mol. The standard InChI is InChI=1S/C13H10ClFN2O2S/c14-9-6-5-8(7-10(9)15)13-16-11-3-1-2-4-12(11)20(18,19)17-13/h1-7,13,16-17H/t13-/m0/s1. The number of nitrogens with one attached hydrogen (secondary N) is 2. The summed E-state index contributed by atoms with van der Waals surface area (Å²) >= 11 is 5.62. The zero-order valence-corrected chi connectivity index (χ0v) is 11.7. The molecule has 2 aromatic carbocycles. The van der Waals surface area contributed by atoms with E-state index < -0.39 is 22.0 Å². The lowest BCUT2D eigenvalue weighted by molar-refractivity contribution is 0.560. The van der Waals surface area contributed by atoms with Gasteiger partial charge in [-0.05, 0) is 29.8 Å². The highest BCUT2D eigenvalue weighted by Gasteiger charge is 2.29. The molecule has 0 fully saturated rings. The minimum atomic E-state index is -3.63. The molecule has 0 bridgehead atoms. The fourth-order valence-electron chi connectivity index (χ4n) is 2.07. The van der Waals surface area contributed by atoms with Crippen LogP contribution in [-0.2, 0) is 10.0 Å². The molecule has 1 aliphatic rings. The first kappa shape index (κ1) is 13.4. The van der Waals surface area contributed by atoms with Crippen LogP contribution in [0.3, 0.4) is 0 Å². The Kier molecular flexibility index (Phi) is 3.16. The summed E-state index contributed by atoms with van der Waals surface area (Å²) in [6, 6.07) is 10.7. The van der Waals surface area contributed by atoms with Crippen molar-refractivity contribution in [3.63, 3.8) is 0 Å². The van der Waals surface area contributed by atoms with Crippen molar-refractivity contribution < 1.29 is 12.8 Å². The molecule has 2 N–H and O–H groups in total. The topological polar surface area (TPSA) is 58.2 Å². The lowest BCUT2D eigenvalue weighted by Gasteiger charge is -2.28. The summed E-state index contributed by atoms with van der Waals surface area (Å²) in [5.41, 5.74) is 0.927. The van der Waals surface area contributed by atoms with Crippen molar-refractivity contribution in [1.29, 1.82) is 0 Å². The Morgan fingerprint density at radius 2 is 1.90 bits per heavy atom. The van der Waals surface area contributed by atoms with E-state index >= 15 is 0 Å². The molecule has 1 atom stereocenters. The van der Waals surface area contributed by atoms with Crippen LogP contribution in [0, 0.1) is 5.82 Å². The average Bonchev–Trinajstić information content (AvgIpc) is 2.41. The fraction of sp³-hybridized carbons (Fsp3) is 0.0769. The highest BCUT2D eigenvalue weighted by molar-refractivity contribution is 7.89. The smallest absolute Gasteiger partial charge is 0.244 e. The Balaban J connectivity index is 2.05. The average molecular weight is 313 g/mol. The Morgan fingerprint density at radius 1 is 1.15 bits per heavy atom. The number of halogens is 2. The molecule has 0 aliphatic carbocycles. The molecule has 4 nitrogen and oxygen atoms in total. The SMILES string of the molecule is O=S1(=O)N[C@@H](c2ccc(Cl)c(F)c2)Nc2ccccc21. The van der Waals surface area contributed by atoms with E-state index in [9.17, 15) is 12.8 Å². The number of fused-ring (bicyclic) bond motifs is 1. The van der Waals surface area contributed by atoms with E-state index in [2.05, 4.69) is 10.0 Å². The van der Waals surface area contributed by atoms with E-state index in [-0.39, 0.29) is 9.92 Å². The number of benzene rings is 2. The van der Waals surface area contributed by atoms with Gasteiger partial charge in [0.15, 0.2) is 0 Å². The van der Waals surface area contributed by atoms with Gasteiger partial charge in [0.05, 0.1) is 10.7 Å². The van der Waals surface area contributed by atoms with Gasteiger partial charge in [-0.2, -0.15) is 4.72 Å². The molecule has 3 rings (SSSR count). The molecule has 0 spiro atoms. The molecule has 0 unspecified atom stereocenters. The van der Waals surface area contributed by atoms with E-state index in [0.717, 1.165) is 0 Å². The lowest BCUT2D eigenvalue weighted by atomic mass is 10.1. The van der Waals surface area contributed by atoms with Crippen molar-refractivity contribution >= 4 is 27.3 Å². The molecule has 7 heteroatoms. The summed E-state index contributed by atoms with van der Waals surface area (Å²) in [6.07, 6.45) is -0.735. The molecule has 104 valence electrons. The van der Waals surface area contributed by atoms with Crippen LogP contribution in [0.15, 0.2) is 47.4 Å². The van der Waals surface area contributed by atoms with Crippen LogP contribution in [0.4, 0.5) is 10.1 Å². The van der Waals surface area contributed by atoms with E-state index in [1.165, 1.54) is 18.2 Å². The molecule has 0 saturated carbocycles. The fourth-order valence-corrected chi connectivity index (χ4v) is 3.49. The molecule has 2 aromatic rings. The maximum absolute atomic E-state index is 13.5. The molecule has 0 saturated heterocycles. The van der Waals surface area contributed by atoms with Gasteiger partial charge in [-0.25, -0.2) is 12.8 Å². The van der Waals surface area contributed by atoms with Crippen molar-refractivity contribution in [3.8, 4) is 0 Å². The first-order valence-corrected chi connectivity index (χ1v) is 7.66. The number of hydrogen-bond acceptors (Lipinski definition) is 3. The van der Waals surface area contributed by atoms with E-state index in [1.807, 2.05) is 0 Å². The van der Waals surface area contributed by atoms with Gasteiger partial charge in [-0.15, -0.1) is 0 Å². The normalized spacial score (nSPS) is 20.0. The first-order valence-electron chi connectivity index (χ1n) is 5.80. The van der Waals surface area contributed by atoms with Crippen molar-refractivity contribution in [2.45, 2.75) is 11.1 Å². The number of hydrogen-bond donors (Lipinski definition) is 2. The van der Waals surface area contributed by atoms with Gasteiger partial charge in [-0.1, -0.05) is 29.8 Å². The van der Waals surface area contributed by atoms with Crippen LogP contribution < -0.4 is 10.0 Å². The Labute approximate surface area is 120 Å². The van der Waals surface area contributed by atoms with Crippen molar-refractivity contribution in [2.24, 2.45) is 0 Å². The highest BCUT2D eigenvalue weighted by atomic mass is 35.5. The molecule has 0 radical (unpaired) electrons. The first-order chi connectivity index (χ1) is 9.47. The van der Waals surface area contributed by atoms with Crippen LogP contribution in [0.2, 0.25) is 5.02 Å². The molecular formula is C13H10ClFN2O2S. The summed E-state index contributed by atoms with van der Waals surface area (Å²) < 4.78 is 40.2. The predicted octanol–water partition coefficient (Wildman–Crippen LogP) is 2.88. The second-order valence-electron chi connectivity index (χ2n) is 4.37.